The fraction of sp³-hybridized carbons (Fsp3) is 0.917. The third kappa shape index (κ3) is 3.00. The molecule has 0 bridgehead atoms. The van der Waals surface area contributed by atoms with Crippen molar-refractivity contribution in [3.8, 4) is 0 Å². The van der Waals surface area contributed by atoms with E-state index in [0.29, 0.717) is 24.4 Å². The summed E-state index contributed by atoms with van der Waals surface area (Å²) in [5, 5.41) is 0. The van der Waals surface area contributed by atoms with Gasteiger partial charge in [0.15, 0.2) is 0 Å². The van der Waals surface area contributed by atoms with Crippen molar-refractivity contribution in [3.05, 3.63) is 0 Å². The second kappa shape index (κ2) is 4.81. The zero-order valence-electron chi connectivity index (χ0n) is 9.75. The lowest BCUT2D eigenvalue weighted by Gasteiger charge is -2.37. The minimum absolute atomic E-state index is 0.150. The van der Waals surface area contributed by atoms with E-state index in [4.69, 9.17) is 4.74 Å². The van der Waals surface area contributed by atoms with Gasteiger partial charge in [0.25, 0.3) is 0 Å². The molecule has 2 unspecified atom stereocenters. The highest BCUT2D eigenvalue weighted by Crippen LogP contribution is 2.37. The van der Waals surface area contributed by atoms with Crippen molar-refractivity contribution >= 4 is 5.97 Å². The molecular weight excluding hydrogens is 176 g/mol. The summed E-state index contributed by atoms with van der Waals surface area (Å²) in [6.45, 7) is 8.97. The molecule has 1 aliphatic rings. The highest BCUT2D eigenvalue weighted by atomic mass is 16.5. The van der Waals surface area contributed by atoms with Crippen molar-refractivity contribution in [2.45, 2.75) is 40.5 Å². The van der Waals surface area contributed by atoms with Gasteiger partial charge in [0.2, 0.25) is 0 Å². The first-order valence-electron chi connectivity index (χ1n) is 5.64. The molecule has 0 aromatic heterocycles. The SMILES string of the molecule is CC(=O)OCC1C(C)CC(C)CC1C. The highest BCUT2D eigenvalue weighted by molar-refractivity contribution is 5.65. The summed E-state index contributed by atoms with van der Waals surface area (Å²) in [5.41, 5.74) is 0. The van der Waals surface area contributed by atoms with E-state index >= 15 is 0 Å². The molecule has 0 radical (unpaired) electrons. The van der Waals surface area contributed by atoms with E-state index in [1.807, 2.05) is 0 Å². The van der Waals surface area contributed by atoms with Crippen LogP contribution in [-0.4, -0.2) is 12.6 Å². The number of ether oxygens (including phenoxy) is 1. The molecule has 1 saturated carbocycles. The zero-order valence-corrected chi connectivity index (χ0v) is 9.75. The Morgan fingerprint density at radius 1 is 1.21 bits per heavy atom. The van der Waals surface area contributed by atoms with Gasteiger partial charge in [-0.1, -0.05) is 20.8 Å². The minimum Gasteiger partial charge on any atom is -0.466 e. The van der Waals surface area contributed by atoms with Crippen LogP contribution in [-0.2, 0) is 9.53 Å². The molecular formula is C12H22O2. The van der Waals surface area contributed by atoms with Crippen molar-refractivity contribution in [3.63, 3.8) is 0 Å². The first kappa shape index (κ1) is 11.5. The number of esters is 1. The number of hydrogen-bond donors (Lipinski definition) is 0. The molecule has 14 heavy (non-hydrogen) atoms. The summed E-state index contributed by atoms with van der Waals surface area (Å²) in [5.74, 6) is 2.62. The Morgan fingerprint density at radius 2 is 1.71 bits per heavy atom. The standard InChI is InChI=1S/C12H22O2/c1-8-5-9(2)12(10(3)6-8)7-14-11(4)13/h8-10,12H,5-7H2,1-4H3. The molecule has 0 saturated heterocycles. The summed E-state index contributed by atoms with van der Waals surface area (Å²) < 4.78 is 5.12. The zero-order chi connectivity index (χ0) is 10.7. The summed E-state index contributed by atoms with van der Waals surface area (Å²) >= 11 is 0. The predicted octanol–water partition coefficient (Wildman–Crippen LogP) is 2.87. The van der Waals surface area contributed by atoms with Crippen molar-refractivity contribution in [1.29, 1.82) is 0 Å². The molecule has 1 aliphatic carbocycles. The van der Waals surface area contributed by atoms with E-state index in [1.165, 1.54) is 19.8 Å². The lowest BCUT2D eigenvalue weighted by molar-refractivity contribution is -0.144. The molecule has 0 aliphatic heterocycles. The van der Waals surface area contributed by atoms with E-state index in [0.717, 1.165) is 5.92 Å². The van der Waals surface area contributed by atoms with Crippen LogP contribution >= 0.6 is 0 Å². The first-order chi connectivity index (χ1) is 6.50. The Balaban J connectivity index is 2.45. The van der Waals surface area contributed by atoms with Gasteiger partial charge in [0, 0.05) is 6.92 Å². The maximum atomic E-state index is 10.7. The molecule has 1 rings (SSSR count). The van der Waals surface area contributed by atoms with Gasteiger partial charge in [-0.3, -0.25) is 4.79 Å². The maximum Gasteiger partial charge on any atom is 0.302 e. The van der Waals surface area contributed by atoms with Crippen molar-refractivity contribution in [2.24, 2.45) is 23.7 Å². The molecule has 2 atom stereocenters. The van der Waals surface area contributed by atoms with Crippen LogP contribution in [0.15, 0.2) is 0 Å². The van der Waals surface area contributed by atoms with Gasteiger partial charge < -0.3 is 4.74 Å². The fourth-order valence-corrected chi connectivity index (χ4v) is 2.82. The van der Waals surface area contributed by atoms with Gasteiger partial charge >= 0.3 is 5.97 Å². The smallest absolute Gasteiger partial charge is 0.302 e. The van der Waals surface area contributed by atoms with Gasteiger partial charge in [-0.25, -0.2) is 0 Å². The van der Waals surface area contributed by atoms with E-state index in [2.05, 4.69) is 20.8 Å². The summed E-state index contributed by atoms with van der Waals surface area (Å²) in [4.78, 5) is 10.7. The van der Waals surface area contributed by atoms with Gasteiger partial charge in [-0.05, 0) is 36.5 Å². The van der Waals surface area contributed by atoms with Gasteiger partial charge in [-0.15, -0.1) is 0 Å². The molecule has 0 aromatic carbocycles. The Hall–Kier alpha value is -0.530. The number of hydrogen-bond acceptors (Lipinski definition) is 2. The van der Waals surface area contributed by atoms with Crippen LogP contribution in [0.4, 0.5) is 0 Å². The Kier molecular flexibility index (Phi) is 3.97. The van der Waals surface area contributed by atoms with E-state index in [-0.39, 0.29) is 5.97 Å². The van der Waals surface area contributed by atoms with Gasteiger partial charge in [-0.2, -0.15) is 0 Å². The molecule has 2 heteroatoms. The van der Waals surface area contributed by atoms with E-state index < -0.39 is 0 Å². The first-order valence-corrected chi connectivity index (χ1v) is 5.64. The monoisotopic (exact) mass is 198 g/mol. The second-order valence-electron chi connectivity index (χ2n) is 5.00. The fourth-order valence-electron chi connectivity index (χ4n) is 2.82. The van der Waals surface area contributed by atoms with E-state index in [1.54, 1.807) is 0 Å². The summed E-state index contributed by atoms with van der Waals surface area (Å²) in [6, 6.07) is 0. The molecule has 1 fully saturated rings. The Labute approximate surface area is 87.0 Å². The Bertz CT molecular complexity index is 188. The van der Waals surface area contributed by atoms with Crippen molar-refractivity contribution < 1.29 is 9.53 Å². The van der Waals surface area contributed by atoms with Gasteiger partial charge in [0.05, 0.1) is 6.61 Å². The Morgan fingerprint density at radius 3 is 2.14 bits per heavy atom. The van der Waals surface area contributed by atoms with E-state index in [9.17, 15) is 4.79 Å². The molecule has 0 heterocycles. The van der Waals surface area contributed by atoms with Crippen LogP contribution in [0.25, 0.3) is 0 Å². The molecule has 0 spiro atoms. The van der Waals surface area contributed by atoms with Gasteiger partial charge in [0.1, 0.15) is 0 Å². The number of carbonyl (C=O) groups is 1. The summed E-state index contributed by atoms with van der Waals surface area (Å²) in [6.07, 6.45) is 2.55. The van der Waals surface area contributed by atoms with Crippen molar-refractivity contribution in [2.75, 3.05) is 6.61 Å². The minimum atomic E-state index is -0.150. The lowest BCUT2D eigenvalue weighted by Crippen LogP contribution is -2.32. The second-order valence-corrected chi connectivity index (χ2v) is 5.00. The average Bonchev–Trinajstić information content (AvgIpc) is 2.01. The summed E-state index contributed by atoms with van der Waals surface area (Å²) in [7, 11) is 0. The number of rotatable bonds is 2. The third-order valence-electron chi connectivity index (χ3n) is 3.49. The third-order valence-corrected chi connectivity index (χ3v) is 3.49. The van der Waals surface area contributed by atoms with Crippen LogP contribution in [0.5, 0.6) is 0 Å². The average molecular weight is 198 g/mol. The van der Waals surface area contributed by atoms with Crippen LogP contribution in [0.2, 0.25) is 0 Å². The predicted molar refractivity (Wildman–Crippen MR) is 56.8 cm³/mol. The van der Waals surface area contributed by atoms with Crippen LogP contribution in [0, 0.1) is 23.7 Å². The lowest BCUT2D eigenvalue weighted by atomic mass is 9.70. The molecule has 0 aromatic rings. The topological polar surface area (TPSA) is 26.3 Å². The molecule has 82 valence electrons. The number of carbonyl (C=O) groups excluding carboxylic acids is 1. The maximum absolute atomic E-state index is 10.7. The molecule has 0 N–H and O–H groups in total. The normalized spacial score (nSPS) is 38.0. The largest absolute Gasteiger partial charge is 0.466 e. The highest BCUT2D eigenvalue weighted by Gasteiger charge is 2.31. The quantitative estimate of drug-likeness (QED) is 0.638. The van der Waals surface area contributed by atoms with Crippen LogP contribution in [0.3, 0.4) is 0 Å². The molecule has 0 amide bonds. The van der Waals surface area contributed by atoms with Crippen LogP contribution < -0.4 is 0 Å². The van der Waals surface area contributed by atoms with Crippen molar-refractivity contribution in [1.82, 2.24) is 0 Å². The molecule has 2 nitrogen and oxygen atoms in total. The van der Waals surface area contributed by atoms with Crippen LogP contribution in [0.1, 0.15) is 40.5 Å².